The number of carbonyl (C=O) groups is 2. The molecule has 4 heterocycles. The largest absolute Gasteiger partial charge is 0.476 e. The highest BCUT2D eigenvalue weighted by Crippen LogP contribution is 2.56. The molecule has 2 saturated carbocycles. The first-order chi connectivity index (χ1) is 24.1. The molecule has 0 radical (unpaired) electrons. The van der Waals surface area contributed by atoms with E-state index in [-0.39, 0.29) is 16.3 Å². The molecule has 2 bridgehead atoms. The Kier molecular flexibility index (Phi) is 8.63. The maximum Gasteiger partial charge on any atom is 0.355 e. The summed E-state index contributed by atoms with van der Waals surface area (Å²) in [7, 11) is 0. The summed E-state index contributed by atoms with van der Waals surface area (Å²) in [5.41, 5.74) is 5.95. The summed E-state index contributed by atoms with van der Waals surface area (Å²) in [6.07, 6.45) is 8.81. The predicted molar refractivity (Wildman–Crippen MR) is 201 cm³/mol. The molecule has 8 nitrogen and oxygen atoms in total. The Morgan fingerprint density at radius 3 is 2.54 bits per heavy atom. The predicted octanol–water partition coefficient (Wildman–Crippen LogP) is 9.27. The Balaban J connectivity index is 1.06. The van der Waals surface area contributed by atoms with E-state index < -0.39 is 5.97 Å². The minimum Gasteiger partial charge on any atom is -0.476 e. The minimum atomic E-state index is -1.07. The number of hydrogen-bond donors (Lipinski definition) is 2. The Labute approximate surface area is 300 Å². The molecular weight excluding hydrogens is 663 g/mol. The van der Waals surface area contributed by atoms with Gasteiger partial charge < -0.3 is 10.0 Å². The maximum absolute atomic E-state index is 13.6. The standard InChI is InChI=1S/C40H41N5O3S2/c1-23-17-26-18-24(2)20-40(19-23,21-26)50-37-25(3)28(13-15-41-37)29-11-12-34(43-35(29)38(47)48)45-16-14-27-7-6-8-30(31(27)22-45)36(46)44-39-42-32-9-4-5-10-33(32)49-39/h4-13,15,23-24,26H,14,16-22H2,1-3H3,(H,47,48)(H,42,44,46). The summed E-state index contributed by atoms with van der Waals surface area (Å²) >= 11 is 3.37. The highest BCUT2D eigenvalue weighted by atomic mass is 32.2. The third kappa shape index (κ3) is 6.28. The van der Waals surface area contributed by atoms with Gasteiger partial charge in [-0.05, 0) is 122 Å². The first-order valence-corrected chi connectivity index (χ1v) is 19.2. The molecule has 2 fully saturated rings. The Morgan fingerprint density at radius 1 is 0.960 bits per heavy atom. The van der Waals surface area contributed by atoms with E-state index in [1.165, 1.54) is 43.4 Å². The van der Waals surface area contributed by atoms with Crippen LogP contribution in [0.2, 0.25) is 0 Å². The molecule has 50 heavy (non-hydrogen) atoms. The lowest BCUT2D eigenvalue weighted by atomic mass is 9.65. The second-order valence-corrected chi connectivity index (χ2v) is 17.1. The smallest absolute Gasteiger partial charge is 0.355 e. The minimum absolute atomic E-state index is 0.0243. The lowest BCUT2D eigenvalue weighted by Gasteiger charge is -2.49. The van der Waals surface area contributed by atoms with Gasteiger partial charge in [0.2, 0.25) is 0 Å². The fourth-order valence-corrected chi connectivity index (χ4v) is 11.6. The lowest BCUT2D eigenvalue weighted by molar-refractivity contribution is 0.0691. The van der Waals surface area contributed by atoms with Gasteiger partial charge in [-0.1, -0.05) is 61.2 Å². The van der Waals surface area contributed by atoms with Crippen LogP contribution < -0.4 is 10.2 Å². The lowest BCUT2D eigenvalue weighted by Crippen LogP contribution is -2.42. The molecule has 3 aromatic heterocycles. The Bertz CT molecular complexity index is 2080. The molecule has 2 unspecified atom stereocenters. The van der Waals surface area contributed by atoms with Crippen LogP contribution in [0, 0.1) is 24.7 Å². The average Bonchev–Trinajstić information content (AvgIpc) is 3.50. The van der Waals surface area contributed by atoms with Gasteiger partial charge in [-0.3, -0.25) is 10.1 Å². The van der Waals surface area contributed by atoms with E-state index in [9.17, 15) is 14.7 Å². The number of aromatic nitrogens is 3. The number of carbonyl (C=O) groups excluding carboxylic acids is 1. The fraction of sp³-hybridized carbons (Fsp3) is 0.375. The molecule has 2 atom stereocenters. The van der Waals surface area contributed by atoms with Crippen LogP contribution in [0.5, 0.6) is 0 Å². The first-order valence-electron chi connectivity index (χ1n) is 17.6. The van der Waals surface area contributed by atoms with E-state index in [2.05, 4.69) is 42.0 Å². The molecule has 0 spiro atoms. The van der Waals surface area contributed by atoms with E-state index >= 15 is 0 Å². The number of amides is 1. The topological polar surface area (TPSA) is 108 Å². The number of carboxylic acid groups (broad SMARTS) is 1. The number of fused-ring (bicyclic) bond motifs is 4. The van der Waals surface area contributed by atoms with Crippen LogP contribution in [0.4, 0.5) is 10.9 Å². The number of rotatable bonds is 7. The zero-order chi connectivity index (χ0) is 34.6. The number of thiazole rings is 1. The van der Waals surface area contributed by atoms with Gasteiger partial charge in [0.1, 0.15) is 10.8 Å². The normalized spacial score (nSPS) is 23.0. The number of benzene rings is 2. The zero-order valence-corrected chi connectivity index (χ0v) is 30.2. The number of anilines is 2. The molecule has 8 rings (SSSR count). The molecule has 0 saturated heterocycles. The van der Waals surface area contributed by atoms with Crippen molar-refractivity contribution in [3.8, 4) is 11.1 Å². The van der Waals surface area contributed by atoms with Gasteiger partial charge in [0.15, 0.2) is 10.8 Å². The highest BCUT2D eigenvalue weighted by molar-refractivity contribution is 8.00. The molecule has 1 aliphatic heterocycles. The molecule has 3 aliphatic rings. The van der Waals surface area contributed by atoms with E-state index in [0.29, 0.717) is 53.4 Å². The van der Waals surface area contributed by atoms with Gasteiger partial charge in [-0.2, -0.15) is 0 Å². The molecule has 2 aromatic carbocycles. The van der Waals surface area contributed by atoms with E-state index in [1.54, 1.807) is 0 Å². The van der Waals surface area contributed by atoms with Crippen molar-refractivity contribution < 1.29 is 14.7 Å². The summed E-state index contributed by atoms with van der Waals surface area (Å²) in [4.78, 5) is 42.6. The third-order valence-electron chi connectivity index (χ3n) is 10.8. The van der Waals surface area contributed by atoms with Gasteiger partial charge in [0.25, 0.3) is 5.91 Å². The van der Waals surface area contributed by atoms with Crippen LogP contribution in [0.25, 0.3) is 21.3 Å². The van der Waals surface area contributed by atoms with Gasteiger partial charge >= 0.3 is 5.97 Å². The highest BCUT2D eigenvalue weighted by Gasteiger charge is 2.45. The van der Waals surface area contributed by atoms with Gasteiger partial charge in [-0.15, -0.1) is 0 Å². The molecule has 10 heteroatoms. The van der Waals surface area contributed by atoms with Gasteiger partial charge in [0.05, 0.1) is 10.2 Å². The number of pyridine rings is 2. The number of para-hydroxylation sites is 1. The van der Waals surface area contributed by atoms with Crippen LogP contribution in [0.3, 0.4) is 0 Å². The quantitative estimate of drug-likeness (QED) is 0.173. The summed E-state index contributed by atoms with van der Waals surface area (Å²) in [5.74, 6) is 1.50. The number of thioether (sulfide) groups is 1. The van der Waals surface area contributed by atoms with Crippen molar-refractivity contribution in [2.24, 2.45) is 17.8 Å². The molecule has 2 N–H and O–H groups in total. The summed E-state index contributed by atoms with van der Waals surface area (Å²) in [6, 6.07) is 19.4. The van der Waals surface area contributed by atoms with Gasteiger partial charge in [-0.25, -0.2) is 19.7 Å². The van der Waals surface area contributed by atoms with E-state index in [0.717, 1.165) is 43.4 Å². The van der Waals surface area contributed by atoms with Crippen LogP contribution in [0.15, 0.2) is 71.9 Å². The number of carboxylic acids is 1. The van der Waals surface area contributed by atoms with Crippen molar-refractivity contribution in [3.05, 3.63) is 94.8 Å². The van der Waals surface area contributed by atoms with Crippen molar-refractivity contribution in [2.75, 3.05) is 16.8 Å². The van der Waals surface area contributed by atoms with Crippen molar-refractivity contribution in [3.63, 3.8) is 0 Å². The van der Waals surface area contributed by atoms with Crippen LogP contribution in [-0.2, 0) is 13.0 Å². The van der Waals surface area contributed by atoms with E-state index in [4.69, 9.17) is 9.97 Å². The summed E-state index contributed by atoms with van der Waals surface area (Å²) in [5, 5.41) is 15.0. The third-order valence-corrected chi connectivity index (χ3v) is 13.3. The Hall–Kier alpha value is -4.28. The molecule has 2 aliphatic carbocycles. The van der Waals surface area contributed by atoms with Crippen LogP contribution in [0.1, 0.15) is 83.5 Å². The molecule has 256 valence electrons. The van der Waals surface area contributed by atoms with Crippen molar-refractivity contribution >= 4 is 56.1 Å². The van der Waals surface area contributed by atoms with Crippen molar-refractivity contribution in [1.29, 1.82) is 0 Å². The van der Waals surface area contributed by atoms with Crippen LogP contribution in [-0.4, -0.2) is 43.2 Å². The van der Waals surface area contributed by atoms with Crippen molar-refractivity contribution in [1.82, 2.24) is 15.0 Å². The SMILES string of the molecule is Cc1c(-c2ccc(N3CCc4cccc(C(=O)Nc5nc6ccccc6s5)c4C3)nc2C(=O)O)ccnc1SC12CC(C)CC(CC(C)C1)C2. The molecular formula is C40H41N5O3S2. The maximum atomic E-state index is 13.6. The Morgan fingerprint density at radius 2 is 1.76 bits per heavy atom. The molecule has 1 amide bonds. The number of hydrogen-bond acceptors (Lipinski definition) is 8. The zero-order valence-electron chi connectivity index (χ0n) is 28.6. The number of aromatic carboxylic acids is 1. The molecule has 5 aromatic rings. The fourth-order valence-electron chi connectivity index (χ4n) is 8.94. The van der Waals surface area contributed by atoms with E-state index in [1.807, 2.05) is 72.6 Å². The number of nitrogens with one attached hydrogen (secondary N) is 1. The van der Waals surface area contributed by atoms with Crippen LogP contribution >= 0.6 is 23.1 Å². The summed E-state index contributed by atoms with van der Waals surface area (Å²) < 4.78 is 1.20. The first kappa shape index (κ1) is 32.9. The monoisotopic (exact) mass is 703 g/mol. The second-order valence-electron chi connectivity index (χ2n) is 14.7. The summed E-state index contributed by atoms with van der Waals surface area (Å²) in [6.45, 7) is 7.96. The second kappa shape index (κ2) is 13.1. The van der Waals surface area contributed by atoms with Gasteiger partial charge in [0, 0.05) is 35.2 Å². The average molecular weight is 704 g/mol. The van der Waals surface area contributed by atoms with Crippen molar-refractivity contribution in [2.45, 2.75) is 75.6 Å². The number of nitrogens with zero attached hydrogens (tertiary/aromatic N) is 4.